The van der Waals surface area contributed by atoms with Gasteiger partial charge in [0.05, 0.1) is 4.90 Å². The highest BCUT2D eigenvalue weighted by Gasteiger charge is 2.34. The number of carbonyl (C=O) groups is 1. The van der Waals surface area contributed by atoms with Crippen LogP contribution in [0.4, 0.5) is 5.69 Å². The van der Waals surface area contributed by atoms with Crippen molar-refractivity contribution in [2.75, 3.05) is 11.9 Å². The third-order valence-corrected chi connectivity index (χ3v) is 6.98. The van der Waals surface area contributed by atoms with Gasteiger partial charge in [0.1, 0.15) is 0 Å². The Labute approximate surface area is 161 Å². The molecule has 0 bridgehead atoms. The molecule has 1 aliphatic heterocycles. The molecule has 2 aromatic rings. The number of piperidine rings is 1. The molecule has 0 radical (unpaired) electrons. The fraction of sp³-hybridized carbons (Fsp3) is 0.381. The van der Waals surface area contributed by atoms with Gasteiger partial charge in [-0.2, -0.15) is 4.31 Å². The second kappa shape index (κ2) is 8.23. The first-order valence-electron chi connectivity index (χ1n) is 9.32. The molecule has 0 saturated carbocycles. The fourth-order valence-corrected chi connectivity index (χ4v) is 5.22. The van der Waals surface area contributed by atoms with Gasteiger partial charge in [0, 0.05) is 24.7 Å². The highest BCUT2D eigenvalue weighted by atomic mass is 32.2. The summed E-state index contributed by atoms with van der Waals surface area (Å²) in [6.45, 7) is 4.38. The minimum Gasteiger partial charge on any atom is -0.326 e. The lowest BCUT2D eigenvalue weighted by Gasteiger charge is -2.34. The van der Waals surface area contributed by atoms with Crippen LogP contribution in [-0.2, 0) is 14.8 Å². The lowest BCUT2D eigenvalue weighted by molar-refractivity contribution is -0.117. The molecule has 0 aromatic heterocycles. The summed E-state index contributed by atoms with van der Waals surface area (Å²) in [6.07, 6.45) is 2.62. The van der Waals surface area contributed by atoms with Gasteiger partial charge in [-0.3, -0.25) is 4.79 Å². The third kappa shape index (κ3) is 4.57. The van der Waals surface area contributed by atoms with E-state index in [1.54, 1.807) is 30.3 Å². The zero-order valence-corrected chi connectivity index (χ0v) is 16.6. The first-order valence-corrected chi connectivity index (χ1v) is 10.8. The Morgan fingerprint density at radius 2 is 1.85 bits per heavy atom. The number of amides is 1. The maximum atomic E-state index is 13.0. The largest absolute Gasteiger partial charge is 0.326 e. The molecule has 1 heterocycles. The van der Waals surface area contributed by atoms with E-state index in [9.17, 15) is 13.2 Å². The zero-order chi connectivity index (χ0) is 19.4. The number of hydrogen-bond donors (Lipinski definition) is 1. The molecule has 1 aliphatic rings. The van der Waals surface area contributed by atoms with Gasteiger partial charge in [-0.1, -0.05) is 36.8 Å². The summed E-state index contributed by atoms with van der Waals surface area (Å²) < 4.78 is 27.6. The van der Waals surface area contributed by atoms with E-state index in [-0.39, 0.29) is 23.3 Å². The number of hydrogen-bond acceptors (Lipinski definition) is 3. The summed E-state index contributed by atoms with van der Waals surface area (Å²) in [5.74, 6) is -0.149. The van der Waals surface area contributed by atoms with Crippen molar-refractivity contribution in [2.45, 2.75) is 50.5 Å². The number of carbonyl (C=O) groups excluding carboxylic acids is 1. The molecule has 0 aliphatic carbocycles. The molecule has 27 heavy (non-hydrogen) atoms. The van der Waals surface area contributed by atoms with Crippen LogP contribution in [0.1, 0.15) is 36.8 Å². The van der Waals surface area contributed by atoms with Crippen molar-refractivity contribution < 1.29 is 13.2 Å². The number of sulfonamides is 1. The van der Waals surface area contributed by atoms with Gasteiger partial charge in [-0.05, 0) is 56.0 Å². The highest BCUT2D eigenvalue weighted by molar-refractivity contribution is 7.89. The maximum absolute atomic E-state index is 13.0. The predicted octanol–water partition coefficient (Wildman–Crippen LogP) is 3.88. The van der Waals surface area contributed by atoms with Gasteiger partial charge >= 0.3 is 0 Å². The average Bonchev–Trinajstić information content (AvgIpc) is 2.66. The van der Waals surface area contributed by atoms with Crippen LogP contribution in [0.25, 0.3) is 0 Å². The molecule has 1 saturated heterocycles. The van der Waals surface area contributed by atoms with Crippen LogP contribution >= 0.6 is 0 Å². The third-order valence-electron chi connectivity index (χ3n) is 5.01. The molecule has 1 unspecified atom stereocenters. The first-order chi connectivity index (χ1) is 12.9. The molecule has 1 N–H and O–H groups in total. The van der Waals surface area contributed by atoms with E-state index in [2.05, 4.69) is 5.32 Å². The van der Waals surface area contributed by atoms with Crippen LogP contribution in [0.15, 0.2) is 53.4 Å². The van der Waals surface area contributed by atoms with E-state index < -0.39 is 10.0 Å². The lowest BCUT2D eigenvalue weighted by Crippen LogP contribution is -2.45. The SMILES string of the molecule is Cc1ccc(C)c(NC(=O)CC2CCCCN2S(=O)(=O)c2ccccc2)c1. The van der Waals surface area contributed by atoms with Gasteiger partial charge in [0.15, 0.2) is 0 Å². The van der Waals surface area contributed by atoms with Crippen molar-refractivity contribution in [1.82, 2.24) is 4.31 Å². The monoisotopic (exact) mass is 386 g/mol. The maximum Gasteiger partial charge on any atom is 0.243 e. The van der Waals surface area contributed by atoms with Crippen LogP contribution < -0.4 is 5.32 Å². The Morgan fingerprint density at radius 3 is 2.59 bits per heavy atom. The summed E-state index contributed by atoms with van der Waals surface area (Å²) in [5.41, 5.74) is 2.85. The van der Waals surface area contributed by atoms with Crippen LogP contribution in [-0.4, -0.2) is 31.2 Å². The highest BCUT2D eigenvalue weighted by Crippen LogP contribution is 2.27. The second-order valence-electron chi connectivity index (χ2n) is 7.15. The molecular weight excluding hydrogens is 360 g/mol. The minimum absolute atomic E-state index is 0.149. The summed E-state index contributed by atoms with van der Waals surface area (Å²) in [5, 5.41) is 2.95. The average molecular weight is 387 g/mol. The summed E-state index contributed by atoms with van der Waals surface area (Å²) in [6, 6.07) is 14.1. The Kier molecular flexibility index (Phi) is 5.97. The van der Waals surface area contributed by atoms with Crippen molar-refractivity contribution in [3.8, 4) is 0 Å². The van der Waals surface area contributed by atoms with Crippen molar-refractivity contribution in [2.24, 2.45) is 0 Å². The minimum atomic E-state index is -3.59. The van der Waals surface area contributed by atoms with Crippen LogP contribution in [0, 0.1) is 13.8 Å². The molecule has 144 valence electrons. The summed E-state index contributed by atoms with van der Waals surface area (Å²) in [7, 11) is -3.59. The summed E-state index contributed by atoms with van der Waals surface area (Å²) >= 11 is 0. The quantitative estimate of drug-likeness (QED) is 0.848. The first kappa shape index (κ1) is 19.6. The van der Waals surface area contributed by atoms with Gasteiger partial charge in [-0.25, -0.2) is 8.42 Å². The van der Waals surface area contributed by atoms with Gasteiger partial charge in [0.25, 0.3) is 0 Å². The molecule has 1 fully saturated rings. The van der Waals surface area contributed by atoms with E-state index in [4.69, 9.17) is 0 Å². The topological polar surface area (TPSA) is 66.5 Å². The van der Waals surface area contributed by atoms with Crippen LogP contribution in [0.3, 0.4) is 0 Å². The van der Waals surface area contributed by atoms with E-state index >= 15 is 0 Å². The van der Waals surface area contributed by atoms with Gasteiger partial charge < -0.3 is 5.32 Å². The normalized spacial score (nSPS) is 18.2. The number of nitrogens with zero attached hydrogens (tertiary/aromatic N) is 1. The Morgan fingerprint density at radius 1 is 1.11 bits per heavy atom. The van der Waals surface area contributed by atoms with Crippen molar-refractivity contribution in [1.29, 1.82) is 0 Å². The van der Waals surface area contributed by atoms with E-state index in [0.717, 1.165) is 29.7 Å². The van der Waals surface area contributed by atoms with Crippen molar-refractivity contribution >= 4 is 21.6 Å². The Bertz CT molecular complexity index is 910. The lowest BCUT2D eigenvalue weighted by atomic mass is 10.0. The summed E-state index contributed by atoms with van der Waals surface area (Å²) in [4.78, 5) is 12.9. The van der Waals surface area contributed by atoms with E-state index in [0.29, 0.717) is 13.0 Å². The smallest absolute Gasteiger partial charge is 0.243 e. The number of anilines is 1. The molecule has 2 aromatic carbocycles. The Balaban J connectivity index is 1.76. The zero-order valence-electron chi connectivity index (χ0n) is 15.8. The Hall–Kier alpha value is -2.18. The molecule has 0 spiro atoms. The number of aryl methyl sites for hydroxylation is 2. The molecule has 3 rings (SSSR count). The molecule has 1 amide bonds. The van der Waals surface area contributed by atoms with Crippen LogP contribution in [0.2, 0.25) is 0 Å². The second-order valence-corrected chi connectivity index (χ2v) is 9.04. The predicted molar refractivity (Wildman–Crippen MR) is 107 cm³/mol. The number of nitrogens with one attached hydrogen (secondary N) is 1. The number of benzene rings is 2. The molecule has 5 nitrogen and oxygen atoms in total. The van der Waals surface area contributed by atoms with Gasteiger partial charge in [0.2, 0.25) is 15.9 Å². The number of rotatable bonds is 5. The van der Waals surface area contributed by atoms with Crippen LogP contribution in [0.5, 0.6) is 0 Å². The van der Waals surface area contributed by atoms with Gasteiger partial charge in [-0.15, -0.1) is 0 Å². The molecular formula is C21H26N2O3S. The van der Waals surface area contributed by atoms with E-state index in [1.807, 2.05) is 32.0 Å². The molecule has 1 atom stereocenters. The fourth-order valence-electron chi connectivity index (χ4n) is 3.51. The molecule has 6 heteroatoms. The standard InChI is InChI=1S/C21H26N2O3S/c1-16-11-12-17(2)20(14-16)22-21(24)15-18-8-6-7-13-23(18)27(25,26)19-9-4-3-5-10-19/h3-5,9-12,14,18H,6-8,13,15H2,1-2H3,(H,22,24). The van der Waals surface area contributed by atoms with E-state index in [1.165, 1.54) is 4.31 Å². The van der Waals surface area contributed by atoms with Crippen molar-refractivity contribution in [3.63, 3.8) is 0 Å². The van der Waals surface area contributed by atoms with Crippen molar-refractivity contribution in [3.05, 3.63) is 59.7 Å².